The van der Waals surface area contributed by atoms with Crippen molar-refractivity contribution >= 4 is 0 Å². The number of aliphatic hydroxyl groups excluding tert-OH is 1. The van der Waals surface area contributed by atoms with E-state index in [1.54, 1.807) is 55.5 Å². The summed E-state index contributed by atoms with van der Waals surface area (Å²) < 4.78 is 55.0. The predicted molar refractivity (Wildman–Crippen MR) is 130 cm³/mol. The van der Waals surface area contributed by atoms with Gasteiger partial charge in [0.05, 0.1) is 25.4 Å². The van der Waals surface area contributed by atoms with Gasteiger partial charge < -0.3 is 14.6 Å². The van der Waals surface area contributed by atoms with Crippen LogP contribution in [0.4, 0.5) is 13.2 Å². The van der Waals surface area contributed by atoms with Gasteiger partial charge in [-0.3, -0.25) is 0 Å². The Morgan fingerprint density at radius 3 is 2.26 bits per heavy atom. The first-order chi connectivity index (χ1) is 16.9. The monoisotopic (exact) mass is 484 g/mol. The molecule has 4 rings (SSSR count). The molecular formula is C29H31F3O3. The molecule has 0 bridgehead atoms. The van der Waals surface area contributed by atoms with Crippen LogP contribution in [0.25, 0.3) is 11.1 Å². The molecule has 3 nitrogen and oxygen atoms in total. The van der Waals surface area contributed by atoms with Crippen molar-refractivity contribution in [2.45, 2.75) is 64.3 Å². The summed E-state index contributed by atoms with van der Waals surface area (Å²) >= 11 is 0. The minimum Gasteiger partial charge on any atom is -0.491 e. The quantitative estimate of drug-likeness (QED) is 0.361. The fraction of sp³-hybridized carbons (Fsp3) is 0.379. The molecule has 3 aromatic carbocycles. The van der Waals surface area contributed by atoms with Gasteiger partial charge in [-0.05, 0) is 74.3 Å². The highest BCUT2D eigenvalue weighted by molar-refractivity contribution is 5.65. The van der Waals surface area contributed by atoms with Gasteiger partial charge in [-0.15, -0.1) is 0 Å². The molecule has 1 fully saturated rings. The van der Waals surface area contributed by atoms with Crippen molar-refractivity contribution in [3.05, 3.63) is 88.7 Å². The van der Waals surface area contributed by atoms with E-state index in [1.807, 2.05) is 13.0 Å². The second-order valence-electron chi connectivity index (χ2n) is 9.11. The van der Waals surface area contributed by atoms with Gasteiger partial charge in [0.15, 0.2) is 23.2 Å². The van der Waals surface area contributed by atoms with Crippen LogP contribution in [0.3, 0.4) is 0 Å². The summed E-state index contributed by atoms with van der Waals surface area (Å²) in [5.41, 5.74) is 2.56. The lowest BCUT2D eigenvalue weighted by molar-refractivity contribution is 0.0119. The maximum Gasteiger partial charge on any atom is 0.167 e. The van der Waals surface area contributed by atoms with Crippen molar-refractivity contribution < 1.29 is 27.8 Å². The van der Waals surface area contributed by atoms with E-state index in [-0.39, 0.29) is 41.3 Å². The van der Waals surface area contributed by atoms with E-state index in [2.05, 4.69) is 0 Å². The Hall–Kier alpha value is -2.83. The van der Waals surface area contributed by atoms with Crippen LogP contribution in [0.1, 0.15) is 68.2 Å². The molecule has 0 heterocycles. The van der Waals surface area contributed by atoms with Gasteiger partial charge in [-0.1, -0.05) is 42.5 Å². The first-order valence-electron chi connectivity index (χ1n) is 12.2. The number of hydrogen-bond acceptors (Lipinski definition) is 3. The van der Waals surface area contributed by atoms with Crippen LogP contribution < -0.4 is 4.74 Å². The van der Waals surface area contributed by atoms with Crippen molar-refractivity contribution in [3.8, 4) is 16.9 Å². The van der Waals surface area contributed by atoms with Crippen LogP contribution >= 0.6 is 0 Å². The lowest BCUT2D eigenvalue weighted by atomic mass is 9.82. The fourth-order valence-corrected chi connectivity index (χ4v) is 4.68. The summed E-state index contributed by atoms with van der Waals surface area (Å²) in [4.78, 5) is 0. The van der Waals surface area contributed by atoms with E-state index in [1.165, 1.54) is 0 Å². The van der Waals surface area contributed by atoms with E-state index in [9.17, 15) is 18.3 Å². The lowest BCUT2D eigenvalue weighted by Crippen LogP contribution is -2.21. The normalized spacial score (nSPS) is 18.9. The first kappa shape index (κ1) is 25.3. The number of rotatable bonds is 8. The zero-order valence-electron chi connectivity index (χ0n) is 20.1. The van der Waals surface area contributed by atoms with Gasteiger partial charge in [0.2, 0.25) is 0 Å². The van der Waals surface area contributed by atoms with Crippen molar-refractivity contribution in [1.82, 2.24) is 0 Å². The summed E-state index contributed by atoms with van der Waals surface area (Å²) in [6.45, 7) is 3.89. The fourth-order valence-electron chi connectivity index (χ4n) is 4.68. The van der Waals surface area contributed by atoms with Gasteiger partial charge in [0.25, 0.3) is 0 Å². The minimum atomic E-state index is -0.905. The topological polar surface area (TPSA) is 38.7 Å². The average molecular weight is 485 g/mol. The van der Waals surface area contributed by atoms with Crippen LogP contribution in [0, 0.1) is 17.5 Å². The Kier molecular flexibility index (Phi) is 8.14. The molecular weight excluding hydrogens is 453 g/mol. The molecule has 0 saturated heterocycles. The molecule has 1 saturated carbocycles. The third kappa shape index (κ3) is 5.88. The number of halogens is 3. The van der Waals surface area contributed by atoms with E-state index < -0.39 is 17.7 Å². The van der Waals surface area contributed by atoms with Crippen LogP contribution in [-0.4, -0.2) is 17.8 Å². The minimum absolute atomic E-state index is 0.00296. The Morgan fingerprint density at radius 1 is 0.914 bits per heavy atom. The molecule has 186 valence electrons. The highest BCUT2D eigenvalue weighted by Gasteiger charge is 2.24. The third-order valence-corrected chi connectivity index (χ3v) is 6.74. The molecule has 3 aromatic rings. The lowest BCUT2D eigenvalue weighted by Gasteiger charge is -2.29. The molecule has 35 heavy (non-hydrogen) atoms. The number of benzene rings is 3. The number of hydrogen-bond donors (Lipinski definition) is 1. The zero-order valence-corrected chi connectivity index (χ0v) is 20.1. The van der Waals surface area contributed by atoms with Crippen molar-refractivity contribution in [2.75, 3.05) is 6.61 Å². The maximum absolute atomic E-state index is 14.8. The van der Waals surface area contributed by atoms with Gasteiger partial charge in [0.1, 0.15) is 0 Å². The molecule has 0 spiro atoms. The van der Waals surface area contributed by atoms with Crippen LogP contribution in [-0.2, 0) is 11.3 Å². The highest BCUT2D eigenvalue weighted by atomic mass is 19.2. The summed E-state index contributed by atoms with van der Waals surface area (Å²) in [6.07, 6.45) is 2.57. The highest BCUT2D eigenvalue weighted by Crippen LogP contribution is 2.36. The molecule has 6 heteroatoms. The number of ether oxygens (including phenoxy) is 2. The van der Waals surface area contributed by atoms with Gasteiger partial charge >= 0.3 is 0 Å². The van der Waals surface area contributed by atoms with Crippen molar-refractivity contribution in [2.24, 2.45) is 0 Å². The second-order valence-corrected chi connectivity index (χ2v) is 9.11. The zero-order chi connectivity index (χ0) is 24.9. The van der Waals surface area contributed by atoms with Gasteiger partial charge in [-0.25, -0.2) is 13.2 Å². The molecule has 0 amide bonds. The van der Waals surface area contributed by atoms with Gasteiger partial charge in [-0.2, -0.15) is 0 Å². The standard InChI is InChI=1S/C29H31F3O3/c1-3-34-27-15-11-22(16-26(27)30)20-8-12-24(13-9-20)35-17-23-10-14-25(29(32)28(23)31)21-6-4-19(5-7-21)18(2)33/h4-7,10-11,14-16,18,20,24,33H,3,8-9,12-13,17H2,1-2H3. The Labute approximate surface area is 204 Å². The van der Waals surface area contributed by atoms with Gasteiger partial charge in [0, 0.05) is 11.1 Å². The molecule has 1 atom stereocenters. The number of aliphatic hydroxyl groups is 1. The largest absolute Gasteiger partial charge is 0.491 e. The van der Waals surface area contributed by atoms with Crippen LogP contribution in [0.2, 0.25) is 0 Å². The second kappa shape index (κ2) is 11.3. The third-order valence-electron chi connectivity index (χ3n) is 6.74. The molecule has 1 unspecified atom stereocenters. The van der Waals surface area contributed by atoms with Crippen molar-refractivity contribution in [3.63, 3.8) is 0 Å². The molecule has 1 N–H and O–H groups in total. The Bertz CT molecular complexity index is 1140. The molecule has 1 aliphatic rings. The average Bonchev–Trinajstić information content (AvgIpc) is 2.87. The Morgan fingerprint density at radius 2 is 1.63 bits per heavy atom. The maximum atomic E-state index is 14.8. The summed E-state index contributed by atoms with van der Waals surface area (Å²) in [6, 6.07) is 15.0. The van der Waals surface area contributed by atoms with Crippen LogP contribution in [0.15, 0.2) is 54.6 Å². The summed E-state index contributed by atoms with van der Waals surface area (Å²) in [5.74, 6) is -1.64. The summed E-state index contributed by atoms with van der Waals surface area (Å²) in [7, 11) is 0. The molecule has 1 aliphatic carbocycles. The van der Waals surface area contributed by atoms with E-state index in [0.717, 1.165) is 31.2 Å². The van der Waals surface area contributed by atoms with Crippen LogP contribution in [0.5, 0.6) is 5.75 Å². The molecule has 0 aliphatic heterocycles. The Balaban J connectivity index is 1.34. The molecule has 0 aromatic heterocycles. The van der Waals surface area contributed by atoms with Crippen molar-refractivity contribution in [1.29, 1.82) is 0 Å². The first-order valence-corrected chi connectivity index (χ1v) is 12.2. The predicted octanol–water partition coefficient (Wildman–Crippen LogP) is 7.47. The smallest absolute Gasteiger partial charge is 0.167 e. The van der Waals surface area contributed by atoms with E-state index in [4.69, 9.17) is 9.47 Å². The molecule has 0 radical (unpaired) electrons. The van der Waals surface area contributed by atoms with E-state index in [0.29, 0.717) is 17.7 Å². The van der Waals surface area contributed by atoms with E-state index >= 15 is 0 Å². The summed E-state index contributed by atoms with van der Waals surface area (Å²) in [5, 5.41) is 9.63. The SMILES string of the molecule is CCOc1ccc(C2CCC(OCc3ccc(-c4ccc(C(C)O)cc4)c(F)c3F)CC2)cc1F.